The zero-order valence-electron chi connectivity index (χ0n) is 12.6. The van der Waals surface area contributed by atoms with Gasteiger partial charge in [-0.15, -0.1) is 0 Å². The van der Waals surface area contributed by atoms with E-state index < -0.39 is 0 Å². The molecule has 0 amide bonds. The van der Waals surface area contributed by atoms with Crippen LogP contribution in [0.25, 0.3) is 0 Å². The first kappa shape index (κ1) is 14.9. The minimum absolute atomic E-state index is 0.184. The van der Waals surface area contributed by atoms with Gasteiger partial charge in [-0.1, -0.05) is 18.5 Å². The van der Waals surface area contributed by atoms with Crippen molar-refractivity contribution in [2.75, 3.05) is 26.7 Å². The van der Waals surface area contributed by atoms with Crippen molar-refractivity contribution in [2.24, 2.45) is 0 Å². The van der Waals surface area contributed by atoms with Gasteiger partial charge in [-0.3, -0.25) is 0 Å². The lowest BCUT2D eigenvalue weighted by Crippen LogP contribution is -2.29. The highest BCUT2D eigenvalue weighted by atomic mass is 35.5. The molecule has 2 atom stereocenters. The third-order valence-corrected chi connectivity index (χ3v) is 5.05. The van der Waals surface area contributed by atoms with Crippen LogP contribution in [0.1, 0.15) is 49.7 Å². The molecule has 0 aromatic carbocycles. The topological polar surface area (TPSA) is 47.4 Å². The molecule has 3 heterocycles. The fourth-order valence-electron chi connectivity index (χ4n) is 3.60. The zero-order chi connectivity index (χ0) is 15.0. The van der Waals surface area contributed by atoms with Gasteiger partial charge in [-0.05, 0) is 38.8 Å². The lowest BCUT2D eigenvalue weighted by molar-refractivity contribution is -0.145. The molecule has 2 aliphatic heterocycles. The largest absolute Gasteiger partial charge is 0.467 e. The lowest BCUT2D eigenvalue weighted by atomic mass is 10.0. The Balaban J connectivity index is 1.97. The molecule has 2 aliphatic rings. The third kappa shape index (κ3) is 2.57. The van der Waals surface area contributed by atoms with Crippen LogP contribution in [0.5, 0.6) is 0 Å². The Morgan fingerprint density at radius 1 is 1.48 bits per heavy atom. The number of carbonyl (C=O) groups is 1. The molecule has 3 rings (SSSR count). The van der Waals surface area contributed by atoms with E-state index in [-0.39, 0.29) is 12.0 Å². The second-order valence-electron chi connectivity index (χ2n) is 5.89. The standard InChI is InChI=1S/C15H22ClN3O2/c1-3-18-8-7-10(9-18)14-17-13(16)11-5-4-6-12(19(11)14)15(20)21-2/h10,12H,3-9H2,1-2H3. The molecule has 0 bridgehead atoms. The van der Waals surface area contributed by atoms with E-state index >= 15 is 0 Å². The average molecular weight is 312 g/mol. The number of hydrogen-bond donors (Lipinski definition) is 0. The number of methoxy groups -OCH3 is 1. The molecular formula is C15H22ClN3O2. The minimum Gasteiger partial charge on any atom is -0.467 e. The van der Waals surface area contributed by atoms with Gasteiger partial charge in [-0.25, -0.2) is 9.78 Å². The highest BCUT2D eigenvalue weighted by Crippen LogP contribution is 2.37. The molecular weight excluding hydrogens is 290 g/mol. The molecule has 21 heavy (non-hydrogen) atoms. The van der Waals surface area contributed by atoms with E-state index in [1.807, 2.05) is 0 Å². The van der Waals surface area contributed by atoms with Gasteiger partial charge < -0.3 is 14.2 Å². The van der Waals surface area contributed by atoms with E-state index in [1.54, 1.807) is 0 Å². The van der Waals surface area contributed by atoms with Crippen LogP contribution in [0.2, 0.25) is 5.15 Å². The van der Waals surface area contributed by atoms with Crippen molar-refractivity contribution in [3.8, 4) is 0 Å². The molecule has 0 spiro atoms. The SMILES string of the molecule is CCN1CCC(c2nc(Cl)c3n2C(C(=O)OC)CCC3)C1. The number of esters is 1. The van der Waals surface area contributed by atoms with Crippen molar-refractivity contribution in [2.45, 2.75) is 44.6 Å². The first-order chi connectivity index (χ1) is 10.2. The van der Waals surface area contributed by atoms with Crippen LogP contribution in [0.4, 0.5) is 0 Å². The van der Waals surface area contributed by atoms with Crippen LogP contribution < -0.4 is 0 Å². The molecule has 6 heteroatoms. The molecule has 1 aromatic heterocycles. The smallest absolute Gasteiger partial charge is 0.328 e. The predicted octanol–water partition coefficient (Wildman–Crippen LogP) is 2.40. The van der Waals surface area contributed by atoms with E-state index in [9.17, 15) is 4.79 Å². The number of nitrogens with zero attached hydrogens (tertiary/aromatic N) is 3. The van der Waals surface area contributed by atoms with Crippen molar-refractivity contribution in [1.82, 2.24) is 14.5 Å². The summed E-state index contributed by atoms with van der Waals surface area (Å²) in [6.45, 7) is 5.31. The van der Waals surface area contributed by atoms with Crippen molar-refractivity contribution < 1.29 is 9.53 Å². The van der Waals surface area contributed by atoms with Gasteiger partial charge in [0.05, 0.1) is 12.8 Å². The van der Waals surface area contributed by atoms with E-state index in [0.29, 0.717) is 11.1 Å². The number of rotatable bonds is 3. The molecule has 0 aliphatic carbocycles. The zero-order valence-corrected chi connectivity index (χ0v) is 13.4. The van der Waals surface area contributed by atoms with Gasteiger partial charge in [0, 0.05) is 12.5 Å². The second kappa shape index (κ2) is 5.97. The van der Waals surface area contributed by atoms with Gasteiger partial charge in [0.2, 0.25) is 0 Å². The maximum Gasteiger partial charge on any atom is 0.328 e. The quantitative estimate of drug-likeness (QED) is 0.804. The van der Waals surface area contributed by atoms with Crippen molar-refractivity contribution in [3.63, 3.8) is 0 Å². The van der Waals surface area contributed by atoms with Gasteiger partial charge in [-0.2, -0.15) is 0 Å². The summed E-state index contributed by atoms with van der Waals surface area (Å²) in [6.07, 6.45) is 3.73. The van der Waals surface area contributed by atoms with Gasteiger partial charge in [0.1, 0.15) is 11.9 Å². The number of fused-ring (bicyclic) bond motifs is 1. The summed E-state index contributed by atoms with van der Waals surface area (Å²) in [5, 5.41) is 0.563. The molecule has 116 valence electrons. The van der Waals surface area contributed by atoms with Crippen LogP contribution in [0.3, 0.4) is 0 Å². The Bertz CT molecular complexity index is 543. The van der Waals surface area contributed by atoms with Crippen LogP contribution in [0.15, 0.2) is 0 Å². The van der Waals surface area contributed by atoms with Crippen LogP contribution >= 0.6 is 11.6 Å². The first-order valence-electron chi connectivity index (χ1n) is 7.72. The number of likely N-dealkylation sites (tertiary alicyclic amines) is 1. The van der Waals surface area contributed by atoms with Gasteiger partial charge >= 0.3 is 5.97 Å². The number of imidazole rings is 1. The Labute approximate surface area is 130 Å². The maximum absolute atomic E-state index is 12.1. The monoisotopic (exact) mass is 311 g/mol. The summed E-state index contributed by atoms with van der Waals surface area (Å²) in [6, 6.07) is -0.260. The van der Waals surface area contributed by atoms with Gasteiger partial charge in [0.25, 0.3) is 0 Å². The Morgan fingerprint density at radius 3 is 2.95 bits per heavy atom. The predicted molar refractivity (Wildman–Crippen MR) is 80.7 cm³/mol. The summed E-state index contributed by atoms with van der Waals surface area (Å²) < 4.78 is 7.05. The lowest BCUT2D eigenvalue weighted by Gasteiger charge is -2.26. The minimum atomic E-state index is -0.260. The third-order valence-electron chi connectivity index (χ3n) is 4.75. The van der Waals surface area contributed by atoms with Crippen molar-refractivity contribution >= 4 is 17.6 Å². The Hall–Kier alpha value is -1.07. The summed E-state index contributed by atoms with van der Waals surface area (Å²) in [5.41, 5.74) is 1.00. The summed E-state index contributed by atoms with van der Waals surface area (Å²) in [4.78, 5) is 19.1. The van der Waals surface area contributed by atoms with E-state index in [2.05, 4.69) is 21.4 Å². The second-order valence-corrected chi connectivity index (χ2v) is 6.25. The fourth-order valence-corrected chi connectivity index (χ4v) is 3.87. The number of hydrogen-bond acceptors (Lipinski definition) is 4. The number of likely N-dealkylation sites (N-methyl/N-ethyl adjacent to an activating group) is 1. The van der Waals surface area contributed by atoms with E-state index in [1.165, 1.54) is 7.11 Å². The highest BCUT2D eigenvalue weighted by molar-refractivity contribution is 6.30. The van der Waals surface area contributed by atoms with E-state index in [0.717, 1.165) is 56.8 Å². The summed E-state index contributed by atoms with van der Waals surface area (Å²) in [5.74, 6) is 1.15. The molecule has 5 nitrogen and oxygen atoms in total. The van der Waals surface area contributed by atoms with Gasteiger partial charge in [0.15, 0.2) is 5.15 Å². The number of carbonyl (C=O) groups excluding carboxylic acids is 1. The summed E-state index contributed by atoms with van der Waals surface area (Å²) >= 11 is 6.33. The summed E-state index contributed by atoms with van der Waals surface area (Å²) in [7, 11) is 1.45. The Kier molecular flexibility index (Phi) is 4.22. The maximum atomic E-state index is 12.1. The van der Waals surface area contributed by atoms with Crippen LogP contribution in [0, 0.1) is 0 Å². The molecule has 2 unspecified atom stereocenters. The van der Waals surface area contributed by atoms with E-state index in [4.69, 9.17) is 16.3 Å². The fraction of sp³-hybridized carbons (Fsp3) is 0.733. The number of aromatic nitrogens is 2. The molecule has 0 saturated carbocycles. The highest BCUT2D eigenvalue weighted by Gasteiger charge is 2.35. The van der Waals surface area contributed by atoms with Crippen LogP contribution in [-0.2, 0) is 16.0 Å². The van der Waals surface area contributed by atoms with Crippen molar-refractivity contribution in [1.29, 1.82) is 0 Å². The normalized spacial score (nSPS) is 25.9. The molecule has 0 N–H and O–H groups in total. The van der Waals surface area contributed by atoms with Crippen LogP contribution in [-0.4, -0.2) is 47.2 Å². The number of halogens is 1. The average Bonchev–Trinajstić information content (AvgIpc) is 3.11. The number of ether oxygens (including phenoxy) is 1. The molecule has 1 saturated heterocycles. The molecule has 0 radical (unpaired) electrons. The van der Waals surface area contributed by atoms with Crippen molar-refractivity contribution in [3.05, 3.63) is 16.7 Å². The molecule has 1 aromatic rings. The Morgan fingerprint density at radius 2 is 2.29 bits per heavy atom. The molecule has 1 fully saturated rings. The first-order valence-corrected chi connectivity index (χ1v) is 8.10.